The summed E-state index contributed by atoms with van der Waals surface area (Å²) in [5.41, 5.74) is 5.60. The number of Topliss-reactive ketones (excluding diaryl/α,β-unsaturated/α-hetero) is 1. The standard InChI is InChI=1S/C18H37NO2/c1-15(2,3)14(20)10-11-17(7,8)21-13-12-18(9,19)16(4,5)6/h10-13,19H2,1-9H3. The number of carbonyl (C=O) groups excluding carboxylic acids is 1. The normalized spacial score (nSPS) is 16.7. The van der Waals surface area contributed by atoms with E-state index in [2.05, 4.69) is 27.7 Å². The molecule has 0 aromatic heterocycles. The fourth-order valence-corrected chi connectivity index (χ4v) is 1.78. The van der Waals surface area contributed by atoms with Gasteiger partial charge in [-0.15, -0.1) is 0 Å². The molecule has 0 spiro atoms. The van der Waals surface area contributed by atoms with E-state index in [4.69, 9.17) is 10.5 Å². The van der Waals surface area contributed by atoms with E-state index in [9.17, 15) is 4.79 Å². The summed E-state index contributed by atoms with van der Waals surface area (Å²) in [4.78, 5) is 12.0. The Balaban J connectivity index is 4.30. The highest BCUT2D eigenvalue weighted by Crippen LogP contribution is 2.31. The second kappa shape index (κ2) is 6.78. The zero-order chi connectivity index (χ0) is 17.1. The van der Waals surface area contributed by atoms with Crippen molar-refractivity contribution in [3.05, 3.63) is 0 Å². The molecule has 3 nitrogen and oxygen atoms in total. The van der Waals surface area contributed by atoms with Gasteiger partial charge in [-0.3, -0.25) is 4.79 Å². The van der Waals surface area contributed by atoms with Crippen LogP contribution in [-0.4, -0.2) is 23.5 Å². The van der Waals surface area contributed by atoms with Gasteiger partial charge in [0.25, 0.3) is 0 Å². The summed E-state index contributed by atoms with van der Waals surface area (Å²) in [6.07, 6.45) is 2.13. The molecule has 0 radical (unpaired) electrons. The third-order valence-electron chi connectivity index (χ3n) is 4.62. The van der Waals surface area contributed by atoms with Crippen molar-refractivity contribution in [3.8, 4) is 0 Å². The van der Waals surface area contributed by atoms with Crippen LogP contribution in [-0.2, 0) is 9.53 Å². The molecule has 0 fully saturated rings. The molecule has 0 aromatic rings. The van der Waals surface area contributed by atoms with Gasteiger partial charge in [0.1, 0.15) is 5.78 Å². The molecule has 0 heterocycles. The van der Waals surface area contributed by atoms with E-state index in [-0.39, 0.29) is 27.8 Å². The lowest BCUT2D eigenvalue weighted by atomic mass is 9.74. The fraction of sp³-hybridized carbons (Fsp3) is 0.944. The molecule has 0 aliphatic heterocycles. The van der Waals surface area contributed by atoms with Gasteiger partial charge in [-0.1, -0.05) is 41.5 Å². The number of carbonyl (C=O) groups is 1. The molecule has 0 saturated carbocycles. The Hall–Kier alpha value is -0.410. The van der Waals surface area contributed by atoms with Crippen LogP contribution in [0.2, 0.25) is 0 Å². The number of ketones is 1. The predicted molar refractivity (Wildman–Crippen MR) is 90.4 cm³/mol. The Morgan fingerprint density at radius 3 is 1.76 bits per heavy atom. The van der Waals surface area contributed by atoms with E-state index >= 15 is 0 Å². The zero-order valence-electron chi connectivity index (χ0n) is 15.7. The monoisotopic (exact) mass is 299 g/mol. The Labute approximate surface area is 132 Å². The molecule has 0 amide bonds. The molecule has 0 saturated heterocycles. The minimum atomic E-state index is -0.283. The Kier molecular flexibility index (Phi) is 6.65. The van der Waals surface area contributed by atoms with Crippen molar-refractivity contribution >= 4 is 5.78 Å². The zero-order valence-corrected chi connectivity index (χ0v) is 15.7. The fourth-order valence-electron chi connectivity index (χ4n) is 1.78. The summed E-state index contributed by atoms with van der Waals surface area (Å²) in [6.45, 7) is 19.2. The molecule has 126 valence electrons. The highest BCUT2D eigenvalue weighted by molar-refractivity contribution is 5.83. The van der Waals surface area contributed by atoms with Gasteiger partial charge in [0.05, 0.1) is 5.60 Å². The van der Waals surface area contributed by atoms with E-state index in [0.717, 1.165) is 12.8 Å². The number of rotatable bonds is 7. The molecule has 0 bridgehead atoms. The molecule has 2 N–H and O–H groups in total. The first-order valence-corrected chi connectivity index (χ1v) is 8.05. The minimum absolute atomic E-state index is 0.0443. The van der Waals surface area contributed by atoms with Crippen LogP contribution in [0.3, 0.4) is 0 Å². The van der Waals surface area contributed by atoms with E-state index in [1.807, 2.05) is 34.6 Å². The maximum atomic E-state index is 12.0. The molecule has 21 heavy (non-hydrogen) atoms. The highest BCUT2D eigenvalue weighted by atomic mass is 16.5. The minimum Gasteiger partial charge on any atom is -0.375 e. The van der Waals surface area contributed by atoms with Crippen LogP contribution in [0.4, 0.5) is 0 Å². The number of nitrogens with two attached hydrogens (primary N) is 1. The smallest absolute Gasteiger partial charge is 0.138 e. The summed E-state index contributed by atoms with van der Waals surface area (Å²) in [5, 5.41) is 0. The topological polar surface area (TPSA) is 52.3 Å². The van der Waals surface area contributed by atoms with E-state index < -0.39 is 0 Å². The average molecular weight is 299 g/mol. The average Bonchev–Trinajstić information content (AvgIpc) is 2.22. The first-order valence-electron chi connectivity index (χ1n) is 8.05. The Morgan fingerprint density at radius 2 is 1.38 bits per heavy atom. The first kappa shape index (κ1) is 20.6. The third-order valence-corrected chi connectivity index (χ3v) is 4.62. The lowest BCUT2D eigenvalue weighted by molar-refractivity contribution is -0.128. The highest BCUT2D eigenvalue weighted by Gasteiger charge is 2.34. The molecule has 1 unspecified atom stereocenters. The van der Waals surface area contributed by atoms with Crippen molar-refractivity contribution in [2.45, 2.75) is 92.7 Å². The SMILES string of the molecule is CC(C)(CCC(=O)C(C)(C)C)OCCC(C)(N)C(C)(C)C. The van der Waals surface area contributed by atoms with Crippen molar-refractivity contribution in [1.82, 2.24) is 0 Å². The van der Waals surface area contributed by atoms with Gasteiger partial charge in [-0.2, -0.15) is 0 Å². The van der Waals surface area contributed by atoms with Crippen LogP contribution in [0.25, 0.3) is 0 Å². The van der Waals surface area contributed by atoms with Crippen LogP contribution >= 0.6 is 0 Å². The third kappa shape index (κ3) is 7.42. The molecule has 0 rings (SSSR count). The Morgan fingerprint density at radius 1 is 0.905 bits per heavy atom. The second-order valence-corrected chi connectivity index (χ2v) is 9.20. The van der Waals surface area contributed by atoms with Crippen LogP contribution in [0, 0.1) is 10.8 Å². The molecule has 3 heteroatoms. The van der Waals surface area contributed by atoms with Crippen LogP contribution in [0.5, 0.6) is 0 Å². The molecular formula is C18H37NO2. The Bertz CT molecular complexity index is 343. The van der Waals surface area contributed by atoms with Crippen LogP contribution in [0.1, 0.15) is 81.6 Å². The number of hydrogen-bond donors (Lipinski definition) is 1. The molecule has 0 aliphatic carbocycles. The summed E-state index contributed by atoms with van der Waals surface area (Å²) in [6, 6.07) is 0. The quantitative estimate of drug-likeness (QED) is 0.761. The van der Waals surface area contributed by atoms with Crippen molar-refractivity contribution in [2.24, 2.45) is 16.6 Å². The molecule has 0 aliphatic rings. The molecule has 0 aromatic carbocycles. The van der Waals surface area contributed by atoms with Gasteiger partial charge >= 0.3 is 0 Å². The largest absolute Gasteiger partial charge is 0.375 e. The van der Waals surface area contributed by atoms with Gasteiger partial charge in [0, 0.05) is 24.0 Å². The summed E-state index contributed by atoms with van der Waals surface area (Å²) >= 11 is 0. The predicted octanol–water partition coefficient (Wildman–Crippen LogP) is 4.33. The van der Waals surface area contributed by atoms with Crippen molar-refractivity contribution < 1.29 is 9.53 Å². The number of hydrogen-bond acceptors (Lipinski definition) is 3. The van der Waals surface area contributed by atoms with E-state index in [1.54, 1.807) is 0 Å². The van der Waals surface area contributed by atoms with Crippen molar-refractivity contribution in [2.75, 3.05) is 6.61 Å². The van der Waals surface area contributed by atoms with Gasteiger partial charge in [-0.05, 0) is 39.0 Å². The molecular weight excluding hydrogens is 262 g/mol. The maximum Gasteiger partial charge on any atom is 0.138 e. The van der Waals surface area contributed by atoms with E-state index in [0.29, 0.717) is 13.0 Å². The van der Waals surface area contributed by atoms with Gasteiger partial charge in [0.2, 0.25) is 0 Å². The van der Waals surface area contributed by atoms with Crippen molar-refractivity contribution in [3.63, 3.8) is 0 Å². The number of ether oxygens (including phenoxy) is 1. The summed E-state index contributed by atoms with van der Waals surface area (Å²) < 4.78 is 5.99. The summed E-state index contributed by atoms with van der Waals surface area (Å²) in [5.74, 6) is 0.289. The van der Waals surface area contributed by atoms with Crippen LogP contribution < -0.4 is 5.73 Å². The summed E-state index contributed by atoms with van der Waals surface area (Å²) in [7, 11) is 0. The van der Waals surface area contributed by atoms with Crippen molar-refractivity contribution in [1.29, 1.82) is 0 Å². The second-order valence-electron chi connectivity index (χ2n) is 9.20. The maximum absolute atomic E-state index is 12.0. The lowest BCUT2D eigenvalue weighted by Gasteiger charge is -2.39. The first-order chi connectivity index (χ1) is 9.08. The molecule has 1 atom stereocenters. The van der Waals surface area contributed by atoms with Gasteiger partial charge < -0.3 is 10.5 Å². The van der Waals surface area contributed by atoms with Gasteiger partial charge in [-0.25, -0.2) is 0 Å². The lowest BCUT2D eigenvalue weighted by Crippen LogP contribution is -2.49. The van der Waals surface area contributed by atoms with Crippen LogP contribution in [0.15, 0.2) is 0 Å². The van der Waals surface area contributed by atoms with Gasteiger partial charge in [0.15, 0.2) is 0 Å². The van der Waals surface area contributed by atoms with E-state index in [1.165, 1.54) is 0 Å².